The van der Waals surface area contributed by atoms with Crippen LogP contribution in [-0.4, -0.2) is 35.9 Å². The minimum Gasteiger partial charge on any atom is -0.342 e. The lowest BCUT2D eigenvalue weighted by molar-refractivity contribution is -0.384. The molecule has 0 spiro atoms. The van der Waals surface area contributed by atoms with Crippen molar-refractivity contribution in [3.8, 4) is 0 Å². The quantitative estimate of drug-likeness (QED) is 0.667. The fourth-order valence-corrected chi connectivity index (χ4v) is 1.87. The zero-order chi connectivity index (χ0) is 14.6. The highest BCUT2D eigenvalue weighted by atomic mass is 35.5. The maximum atomic E-state index is 12.1. The molecule has 0 bridgehead atoms. The molecule has 2 N–H and O–H groups in total. The first-order valence-corrected chi connectivity index (χ1v) is 6.23. The molecule has 104 valence electrons. The number of nitro benzene ring substituents is 1. The van der Waals surface area contributed by atoms with Crippen molar-refractivity contribution in [2.75, 3.05) is 20.1 Å². The summed E-state index contributed by atoms with van der Waals surface area (Å²) in [6.45, 7) is 0.882. The second kappa shape index (κ2) is 6.70. The van der Waals surface area contributed by atoms with Crippen LogP contribution in [0.3, 0.4) is 0 Å². The number of amides is 1. The SMILES string of the molecule is CN(CCCN)C(=O)c1cc([N+](=O)[O-])cc(Cl)c1Cl. The maximum absolute atomic E-state index is 12.1. The average molecular weight is 306 g/mol. The standard InChI is InChI=1S/C11H13Cl2N3O3/c1-15(4-2-3-14)11(17)8-5-7(16(18)19)6-9(12)10(8)13/h5-6H,2-4,14H2,1H3. The van der Waals surface area contributed by atoms with E-state index < -0.39 is 10.8 Å². The van der Waals surface area contributed by atoms with Gasteiger partial charge in [0.15, 0.2) is 0 Å². The summed E-state index contributed by atoms with van der Waals surface area (Å²) in [5.74, 6) is -0.427. The monoisotopic (exact) mass is 305 g/mol. The Balaban J connectivity index is 3.11. The Kier molecular flexibility index (Phi) is 5.53. The molecule has 1 aromatic carbocycles. The summed E-state index contributed by atoms with van der Waals surface area (Å²) in [7, 11) is 1.57. The molecular formula is C11H13Cl2N3O3. The van der Waals surface area contributed by atoms with Gasteiger partial charge < -0.3 is 10.6 Å². The normalized spacial score (nSPS) is 10.3. The van der Waals surface area contributed by atoms with Gasteiger partial charge in [-0.2, -0.15) is 0 Å². The molecule has 0 fully saturated rings. The molecule has 1 aromatic rings. The molecule has 8 heteroatoms. The van der Waals surface area contributed by atoms with Crippen molar-refractivity contribution in [3.63, 3.8) is 0 Å². The molecular weight excluding hydrogens is 293 g/mol. The lowest BCUT2D eigenvalue weighted by Crippen LogP contribution is -2.29. The van der Waals surface area contributed by atoms with E-state index in [-0.39, 0.29) is 21.3 Å². The highest BCUT2D eigenvalue weighted by molar-refractivity contribution is 6.44. The predicted octanol–water partition coefficient (Wildman–Crippen LogP) is 2.32. The average Bonchev–Trinajstić information content (AvgIpc) is 2.37. The summed E-state index contributed by atoms with van der Waals surface area (Å²) in [6, 6.07) is 2.23. The third-order valence-electron chi connectivity index (χ3n) is 2.50. The molecule has 0 unspecified atom stereocenters. The first-order valence-electron chi connectivity index (χ1n) is 5.47. The molecule has 0 radical (unpaired) electrons. The van der Waals surface area contributed by atoms with Crippen LogP contribution < -0.4 is 5.73 Å². The van der Waals surface area contributed by atoms with Crippen molar-refractivity contribution in [2.45, 2.75) is 6.42 Å². The zero-order valence-corrected chi connectivity index (χ0v) is 11.7. The first kappa shape index (κ1) is 15.7. The van der Waals surface area contributed by atoms with Gasteiger partial charge in [0.25, 0.3) is 11.6 Å². The Morgan fingerprint density at radius 1 is 1.47 bits per heavy atom. The molecule has 0 aromatic heterocycles. The van der Waals surface area contributed by atoms with Crippen LogP contribution in [0, 0.1) is 10.1 Å². The van der Waals surface area contributed by atoms with E-state index in [2.05, 4.69) is 0 Å². The molecule has 0 aliphatic carbocycles. The van der Waals surface area contributed by atoms with E-state index in [1.807, 2.05) is 0 Å². The van der Waals surface area contributed by atoms with Gasteiger partial charge in [-0.1, -0.05) is 23.2 Å². The Labute approximate surface area is 120 Å². The summed E-state index contributed by atoms with van der Waals surface area (Å²) >= 11 is 11.7. The van der Waals surface area contributed by atoms with Gasteiger partial charge in [-0.05, 0) is 13.0 Å². The summed E-state index contributed by atoms with van der Waals surface area (Å²) in [4.78, 5) is 23.6. The minimum atomic E-state index is -0.626. The number of carbonyl (C=O) groups excluding carboxylic acids is 1. The number of halogens is 2. The van der Waals surface area contributed by atoms with Crippen molar-refractivity contribution >= 4 is 34.8 Å². The van der Waals surface area contributed by atoms with E-state index in [0.29, 0.717) is 19.5 Å². The number of benzene rings is 1. The fourth-order valence-electron chi connectivity index (χ4n) is 1.47. The number of hydrogen-bond donors (Lipinski definition) is 1. The second-order valence-electron chi connectivity index (χ2n) is 3.92. The fraction of sp³-hybridized carbons (Fsp3) is 0.364. The summed E-state index contributed by atoms with van der Waals surface area (Å²) in [5.41, 5.74) is 5.10. The van der Waals surface area contributed by atoms with Crippen LogP contribution in [0.5, 0.6) is 0 Å². The van der Waals surface area contributed by atoms with Gasteiger partial charge in [0.05, 0.1) is 20.5 Å². The van der Waals surface area contributed by atoms with Crippen molar-refractivity contribution < 1.29 is 9.72 Å². The van der Waals surface area contributed by atoms with E-state index in [0.717, 1.165) is 12.1 Å². The molecule has 0 aliphatic heterocycles. The van der Waals surface area contributed by atoms with Gasteiger partial charge in [-0.3, -0.25) is 14.9 Å². The Morgan fingerprint density at radius 3 is 2.63 bits per heavy atom. The zero-order valence-electron chi connectivity index (χ0n) is 10.2. The third kappa shape index (κ3) is 3.79. The van der Waals surface area contributed by atoms with Gasteiger partial charge >= 0.3 is 0 Å². The van der Waals surface area contributed by atoms with Gasteiger partial charge in [-0.15, -0.1) is 0 Å². The van der Waals surface area contributed by atoms with Crippen LogP contribution >= 0.6 is 23.2 Å². The van der Waals surface area contributed by atoms with Crippen molar-refractivity contribution in [3.05, 3.63) is 37.9 Å². The van der Waals surface area contributed by atoms with Crippen molar-refractivity contribution in [1.29, 1.82) is 0 Å². The Hall–Kier alpha value is -1.37. The lowest BCUT2D eigenvalue weighted by Gasteiger charge is -2.17. The molecule has 1 amide bonds. The molecule has 0 saturated heterocycles. The third-order valence-corrected chi connectivity index (χ3v) is 3.30. The van der Waals surface area contributed by atoms with Crippen LogP contribution in [0.1, 0.15) is 16.8 Å². The Morgan fingerprint density at radius 2 is 2.11 bits per heavy atom. The smallest absolute Gasteiger partial charge is 0.271 e. The molecule has 19 heavy (non-hydrogen) atoms. The number of rotatable bonds is 5. The number of nitrogens with two attached hydrogens (primary N) is 1. The van der Waals surface area contributed by atoms with Crippen LogP contribution in [-0.2, 0) is 0 Å². The van der Waals surface area contributed by atoms with Gasteiger partial charge in [0.1, 0.15) is 0 Å². The molecule has 6 nitrogen and oxygen atoms in total. The van der Waals surface area contributed by atoms with Gasteiger partial charge in [0.2, 0.25) is 0 Å². The second-order valence-corrected chi connectivity index (χ2v) is 4.70. The number of non-ortho nitro benzene ring substituents is 1. The van der Waals surface area contributed by atoms with Gasteiger partial charge in [0, 0.05) is 25.7 Å². The molecule has 1 rings (SSSR count). The van der Waals surface area contributed by atoms with Gasteiger partial charge in [-0.25, -0.2) is 0 Å². The largest absolute Gasteiger partial charge is 0.342 e. The summed E-state index contributed by atoms with van der Waals surface area (Å²) < 4.78 is 0. The molecule has 0 aliphatic rings. The Bertz CT molecular complexity index is 508. The van der Waals surface area contributed by atoms with Crippen LogP contribution in [0.2, 0.25) is 10.0 Å². The topological polar surface area (TPSA) is 89.5 Å². The van der Waals surface area contributed by atoms with Crippen LogP contribution in [0.4, 0.5) is 5.69 Å². The lowest BCUT2D eigenvalue weighted by atomic mass is 10.1. The molecule has 0 saturated carbocycles. The van der Waals surface area contributed by atoms with Crippen LogP contribution in [0.25, 0.3) is 0 Å². The predicted molar refractivity (Wildman–Crippen MR) is 73.7 cm³/mol. The van der Waals surface area contributed by atoms with E-state index in [1.165, 1.54) is 4.90 Å². The number of carbonyl (C=O) groups is 1. The van der Waals surface area contributed by atoms with E-state index in [9.17, 15) is 14.9 Å². The van der Waals surface area contributed by atoms with Crippen molar-refractivity contribution in [1.82, 2.24) is 4.90 Å². The number of hydrogen-bond acceptors (Lipinski definition) is 4. The van der Waals surface area contributed by atoms with E-state index in [4.69, 9.17) is 28.9 Å². The number of nitrogens with zero attached hydrogens (tertiary/aromatic N) is 2. The minimum absolute atomic E-state index is 0.0110. The maximum Gasteiger partial charge on any atom is 0.271 e. The van der Waals surface area contributed by atoms with E-state index >= 15 is 0 Å². The van der Waals surface area contributed by atoms with Crippen molar-refractivity contribution in [2.24, 2.45) is 5.73 Å². The summed E-state index contributed by atoms with van der Waals surface area (Å²) in [5, 5.41) is 10.7. The molecule has 0 heterocycles. The van der Waals surface area contributed by atoms with E-state index in [1.54, 1.807) is 7.05 Å². The molecule has 0 atom stereocenters. The highest BCUT2D eigenvalue weighted by Crippen LogP contribution is 2.31. The first-order chi connectivity index (χ1) is 8.88. The highest BCUT2D eigenvalue weighted by Gasteiger charge is 2.21. The summed E-state index contributed by atoms with van der Waals surface area (Å²) in [6.07, 6.45) is 0.627. The van der Waals surface area contributed by atoms with Crippen LogP contribution in [0.15, 0.2) is 12.1 Å². The number of nitro groups is 1.